The molecule has 0 atom stereocenters. The quantitative estimate of drug-likeness (QED) is 0.257. The van der Waals surface area contributed by atoms with Crippen LogP contribution in [0, 0.1) is 14.9 Å². The van der Waals surface area contributed by atoms with Crippen LogP contribution >= 0.6 is 34.4 Å². The van der Waals surface area contributed by atoms with Gasteiger partial charge in [-0.25, -0.2) is 9.67 Å². The number of hydrogen-bond donors (Lipinski definition) is 1. The van der Waals surface area contributed by atoms with E-state index < -0.39 is 0 Å². The van der Waals surface area contributed by atoms with Gasteiger partial charge in [-0.1, -0.05) is 41.2 Å². The maximum Gasteiger partial charge on any atom is 0.265 e. The first-order chi connectivity index (χ1) is 13.6. The Morgan fingerprint density at radius 3 is 2.75 bits per heavy atom. The Morgan fingerprint density at radius 2 is 1.96 bits per heavy atom. The van der Waals surface area contributed by atoms with Crippen LogP contribution in [0.15, 0.2) is 58.5 Å². The van der Waals surface area contributed by atoms with Gasteiger partial charge in [-0.05, 0) is 52.4 Å². The van der Waals surface area contributed by atoms with E-state index in [1.54, 1.807) is 16.8 Å². The minimum Gasteiger partial charge on any atom is -0.301 e. The van der Waals surface area contributed by atoms with Crippen LogP contribution in [-0.4, -0.2) is 25.0 Å². The van der Waals surface area contributed by atoms with Crippen molar-refractivity contribution in [2.24, 2.45) is 0 Å². The molecule has 0 spiro atoms. The lowest BCUT2D eigenvalue weighted by atomic mass is 10.2. The molecule has 2 heterocycles. The van der Waals surface area contributed by atoms with E-state index in [4.69, 9.17) is 5.26 Å². The molecule has 0 unspecified atom stereocenters. The molecule has 4 rings (SSSR count). The summed E-state index contributed by atoms with van der Waals surface area (Å²) in [4.78, 5) is 19.8. The van der Waals surface area contributed by atoms with E-state index in [1.165, 1.54) is 11.8 Å². The summed E-state index contributed by atoms with van der Waals surface area (Å²) in [5.74, 6) is 0.640. The zero-order chi connectivity index (χ0) is 19.5. The number of thioether (sulfide) groups is 1. The third kappa shape index (κ3) is 3.93. The van der Waals surface area contributed by atoms with Crippen LogP contribution < -0.4 is 5.56 Å². The molecule has 0 aliphatic rings. The molecule has 0 radical (unpaired) electrons. The Morgan fingerprint density at radius 1 is 1.18 bits per heavy atom. The van der Waals surface area contributed by atoms with Gasteiger partial charge in [0.1, 0.15) is 9.09 Å². The lowest BCUT2D eigenvalue weighted by molar-refractivity contribution is 0.644. The number of hydrogen-bond acceptors (Lipinski definition) is 6. The van der Waals surface area contributed by atoms with Crippen molar-refractivity contribution in [3.05, 3.63) is 79.3 Å². The maximum atomic E-state index is 12.3. The molecule has 28 heavy (non-hydrogen) atoms. The number of halogens is 1. The van der Waals surface area contributed by atoms with E-state index in [9.17, 15) is 4.79 Å². The second-order valence-corrected chi connectivity index (χ2v) is 8.01. The number of fused-ring (bicyclic) bond motifs is 1. The molecule has 0 fully saturated rings. The van der Waals surface area contributed by atoms with Crippen LogP contribution in [-0.2, 0) is 12.3 Å². The third-order valence-corrected chi connectivity index (χ3v) is 6.14. The maximum absolute atomic E-state index is 12.3. The number of aromatic amines is 1. The van der Waals surface area contributed by atoms with Gasteiger partial charge in [0.15, 0.2) is 5.16 Å². The van der Waals surface area contributed by atoms with Gasteiger partial charge in [0, 0.05) is 5.75 Å². The highest BCUT2D eigenvalue weighted by molar-refractivity contribution is 14.1. The molecule has 0 aliphatic heterocycles. The van der Waals surface area contributed by atoms with Crippen LogP contribution in [0.4, 0.5) is 0 Å². The molecule has 7 nitrogen and oxygen atoms in total. The largest absolute Gasteiger partial charge is 0.301 e. The lowest BCUT2D eigenvalue weighted by Crippen LogP contribution is -2.18. The molecular weight excluding hydrogens is 487 g/mol. The summed E-state index contributed by atoms with van der Waals surface area (Å²) >= 11 is 3.45. The number of nitrogens with zero attached hydrogens (tertiary/aromatic N) is 5. The highest BCUT2D eigenvalue weighted by Gasteiger charge is 2.13. The number of nitrogens with one attached hydrogen (secondary N) is 1. The fraction of sp³-hybridized carbons (Fsp3) is 0.105. The Labute approximate surface area is 177 Å². The molecule has 0 amide bonds. The van der Waals surface area contributed by atoms with Crippen molar-refractivity contribution in [1.29, 1.82) is 5.26 Å². The van der Waals surface area contributed by atoms with Gasteiger partial charge in [-0.2, -0.15) is 5.26 Å². The molecule has 2 aromatic heterocycles. The fourth-order valence-electron chi connectivity index (χ4n) is 2.66. The zero-order valence-electron chi connectivity index (χ0n) is 14.5. The summed E-state index contributed by atoms with van der Waals surface area (Å²) in [6, 6.07) is 17.1. The van der Waals surface area contributed by atoms with Crippen molar-refractivity contribution in [2.75, 3.05) is 0 Å². The Bertz CT molecular complexity index is 1240. The van der Waals surface area contributed by atoms with Gasteiger partial charge in [-0.15, -0.1) is 5.10 Å². The number of aromatic nitrogens is 5. The van der Waals surface area contributed by atoms with Crippen LogP contribution in [0.5, 0.6) is 0 Å². The first-order valence-electron chi connectivity index (χ1n) is 8.33. The smallest absolute Gasteiger partial charge is 0.265 e. The first kappa shape index (κ1) is 18.6. The van der Waals surface area contributed by atoms with Crippen molar-refractivity contribution >= 4 is 45.4 Å². The Balaban J connectivity index is 1.57. The van der Waals surface area contributed by atoms with Crippen LogP contribution in [0.1, 0.15) is 16.8 Å². The van der Waals surface area contributed by atoms with Crippen molar-refractivity contribution in [3.63, 3.8) is 0 Å². The van der Waals surface area contributed by atoms with Gasteiger partial charge in [0.2, 0.25) is 0 Å². The Kier molecular flexibility index (Phi) is 5.40. The molecule has 2 aromatic carbocycles. The molecular formula is C19H13IN6OS. The zero-order valence-corrected chi connectivity index (χ0v) is 17.4. The van der Waals surface area contributed by atoms with Crippen molar-refractivity contribution in [2.45, 2.75) is 17.5 Å². The first-order valence-corrected chi connectivity index (χ1v) is 10.4. The molecule has 9 heteroatoms. The predicted molar refractivity (Wildman–Crippen MR) is 115 cm³/mol. The van der Waals surface area contributed by atoms with Crippen molar-refractivity contribution in [1.82, 2.24) is 25.0 Å². The molecule has 4 aromatic rings. The predicted octanol–water partition coefficient (Wildman–Crippen LogP) is 3.33. The van der Waals surface area contributed by atoms with Gasteiger partial charge in [-0.3, -0.25) is 4.79 Å². The number of benzene rings is 2. The van der Waals surface area contributed by atoms with E-state index in [2.05, 4.69) is 26.3 Å². The van der Waals surface area contributed by atoms with Gasteiger partial charge < -0.3 is 4.98 Å². The highest BCUT2D eigenvalue weighted by atomic mass is 127. The normalized spacial score (nSPS) is 10.9. The number of rotatable bonds is 5. The molecule has 0 saturated carbocycles. The fourth-order valence-corrected chi connectivity index (χ4v) is 3.92. The lowest BCUT2D eigenvalue weighted by Gasteiger charge is -2.07. The topological polar surface area (TPSA) is 100 Å². The molecule has 1 N–H and O–H groups in total. The van der Waals surface area contributed by atoms with E-state index in [0.717, 1.165) is 16.6 Å². The summed E-state index contributed by atoms with van der Waals surface area (Å²) in [7, 11) is 0. The van der Waals surface area contributed by atoms with E-state index in [1.807, 2.05) is 59.0 Å². The summed E-state index contributed by atoms with van der Waals surface area (Å²) in [6.07, 6.45) is 0. The number of nitriles is 1. The van der Waals surface area contributed by atoms with E-state index in [-0.39, 0.29) is 5.56 Å². The van der Waals surface area contributed by atoms with E-state index >= 15 is 0 Å². The standard InChI is InChI=1S/C19H13IN6OS/c20-17-15(10-26-16-4-2-1-3-14(16)24-25-26)22-19(23-18(17)27)28-11-13-7-5-12(9-21)6-8-13/h1-8H,10-11H2,(H,22,23,27). The average Bonchev–Trinajstić information content (AvgIpc) is 3.13. The van der Waals surface area contributed by atoms with Crippen molar-refractivity contribution in [3.8, 4) is 6.07 Å². The van der Waals surface area contributed by atoms with E-state index in [0.29, 0.717) is 32.3 Å². The van der Waals surface area contributed by atoms with Gasteiger partial charge in [0.05, 0.1) is 29.4 Å². The summed E-state index contributed by atoms with van der Waals surface area (Å²) in [5.41, 5.74) is 3.86. The number of para-hydroxylation sites is 1. The molecule has 0 saturated heterocycles. The minimum absolute atomic E-state index is 0.169. The molecule has 138 valence electrons. The molecule has 0 aliphatic carbocycles. The third-order valence-electron chi connectivity index (χ3n) is 4.09. The monoisotopic (exact) mass is 500 g/mol. The number of H-pyrrole nitrogens is 1. The van der Waals surface area contributed by atoms with Crippen LogP contribution in [0.25, 0.3) is 11.0 Å². The van der Waals surface area contributed by atoms with Gasteiger partial charge in [0.25, 0.3) is 5.56 Å². The van der Waals surface area contributed by atoms with Crippen molar-refractivity contribution < 1.29 is 0 Å². The molecule has 0 bridgehead atoms. The second-order valence-electron chi connectivity index (χ2n) is 5.96. The van der Waals surface area contributed by atoms with Gasteiger partial charge >= 0.3 is 0 Å². The minimum atomic E-state index is -0.169. The van der Waals surface area contributed by atoms with Crippen LogP contribution in [0.2, 0.25) is 0 Å². The SMILES string of the molecule is N#Cc1ccc(CSc2nc(Cn3nnc4ccccc43)c(I)c(=O)[nH]2)cc1. The summed E-state index contributed by atoms with van der Waals surface area (Å²) in [6.45, 7) is 0.368. The average molecular weight is 500 g/mol. The van der Waals surface area contributed by atoms with Crippen LogP contribution in [0.3, 0.4) is 0 Å². The summed E-state index contributed by atoms with van der Waals surface area (Å²) in [5, 5.41) is 17.8. The highest BCUT2D eigenvalue weighted by Crippen LogP contribution is 2.21. The Hall–Kier alpha value is -2.71. The summed E-state index contributed by atoms with van der Waals surface area (Å²) < 4.78 is 2.29. The second kappa shape index (κ2) is 8.12.